The second-order valence-corrected chi connectivity index (χ2v) is 5.59. The minimum absolute atomic E-state index is 0.324. The maximum Gasteiger partial charge on any atom is 0.124 e. The molecule has 3 rings (SSSR count). The Balaban J connectivity index is 2.08. The van der Waals surface area contributed by atoms with Gasteiger partial charge < -0.3 is 10.2 Å². The first-order valence-corrected chi connectivity index (χ1v) is 7.70. The van der Waals surface area contributed by atoms with Gasteiger partial charge in [-0.25, -0.2) is 9.07 Å². The molecule has 0 saturated heterocycles. The number of rotatable bonds is 5. The van der Waals surface area contributed by atoms with Gasteiger partial charge in [-0.2, -0.15) is 10.2 Å². The molecule has 3 aromatic rings. The van der Waals surface area contributed by atoms with Gasteiger partial charge in [-0.3, -0.25) is 4.68 Å². The quantitative estimate of drug-likeness (QED) is 0.751. The van der Waals surface area contributed by atoms with Crippen LogP contribution in [0.1, 0.15) is 35.5 Å². The van der Waals surface area contributed by atoms with Crippen LogP contribution in [0.15, 0.2) is 36.7 Å². The van der Waals surface area contributed by atoms with Gasteiger partial charge in [0, 0.05) is 23.9 Å². The monoisotopic (exact) mass is 330 g/mol. The predicted octanol–water partition coefficient (Wildman–Crippen LogP) is 2.11. The van der Waals surface area contributed by atoms with Crippen molar-refractivity contribution in [1.82, 2.24) is 19.6 Å². The van der Waals surface area contributed by atoms with Gasteiger partial charge >= 0.3 is 0 Å². The van der Waals surface area contributed by atoms with Crippen molar-refractivity contribution >= 4 is 0 Å². The maximum absolute atomic E-state index is 13.4. The van der Waals surface area contributed by atoms with Crippen molar-refractivity contribution in [3.8, 4) is 5.69 Å². The first kappa shape index (κ1) is 16.4. The van der Waals surface area contributed by atoms with Gasteiger partial charge in [0.1, 0.15) is 11.9 Å². The fourth-order valence-corrected chi connectivity index (χ4v) is 2.66. The third-order valence-electron chi connectivity index (χ3n) is 3.87. The van der Waals surface area contributed by atoms with Crippen molar-refractivity contribution in [1.29, 1.82) is 0 Å². The Kier molecular flexibility index (Phi) is 4.46. The zero-order valence-electron chi connectivity index (χ0n) is 13.5. The van der Waals surface area contributed by atoms with Crippen LogP contribution in [0, 0.1) is 12.7 Å². The largest absolute Gasteiger partial charge is 0.392 e. The Morgan fingerprint density at radius 1 is 1.29 bits per heavy atom. The topological polar surface area (TPSA) is 76.1 Å². The van der Waals surface area contributed by atoms with Crippen molar-refractivity contribution in [2.45, 2.75) is 33.1 Å². The van der Waals surface area contributed by atoms with Crippen LogP contribution in [-0.4, -0.2) is 29.8 Å². The van der Waals surface area contributed by atoms with Crippen LogP contribution < -0.4 is 0 Å². The summed E-state index contributed by atoms with van der Waals surface area (Å²) in [6.45, 7) is 4.15. The minimum atomic E-state index is -0.928. The van der Waals surface area contributed by atoms with E-state index >= 15 is 0 Å². The average molecular weight is 330 g/mol. The SMILES string of the molecule is CCn1cc(C(O)c2cc(C)nn2-c2ccc(F)cc2CO)cn1. The number of benzene rings is 1. The zero-order chi connectivity index (χ0) is 17.3. The summed E-state index contributed by atoms with van der Waals surface area (Å²) < 4.78 is 16.7. The molecule has 0 radical (unpaired) electrons. The van der Waals surface area contributed by atoms with E-state index in [-0.39, 0.29) is 6.61 Å². The highest BCUT2D eigenvalue weighted by atomic mass is 19.1. The van der Waals surface area contributed by atoms with Gasteiger partial charge in [0.2, 0.25) is 0 Å². The van der Waals surface area contributed by atoms with Crippen molar-refractivity contribution < 1.29 is 14.6 Å². The van der Waals surface area contributed by atoms with E-state index in [1.165, 1.54) is 16.8 Å². The highest BCUT2D eigenvalue weighted by Gasteiger charge is 2.21. The van der Waals surface area contributed by atoms with Crippen LogP contribution in [0.25, 0.3) is 5.69 Å². The summed E-state index contributed by atoms with van der Waals surface area (Å²) in [5, 5.41) is 28.8. The molecule has 2 N–H and O–H groups in total. The number of hydrogen-bond acceptors (Lipinski definition) is 4. The number of aromatic nitrogens is 4. The summed E-state index contributed by atoms with van der Waals surface area (Å²) in [5.74, 6) is -0.432. The van der Waals surface area contributed by atoms with Gasteiger partial charge in [0.25, 0.3) is 0 Å². The minimum Gasteiger partial charge on any atom is -0.392 e. The molecular weight excluding hydrogens is 311 g/mol. The third kappa shape index (κ3) is 2.95. The molecule has 1 atom stereocenters. The Morgan fingerprint density at radius 2 is 2.08 bits per heavy atom. The molecule has 0 spiro atoms. The van der Waals surface area contributed by atoms with Crippen LogP contribution in [0.2, 0.25) is 0 Å². The van der Waals surface area contributed by atoms with Crippen LogP contribution in [0.5, 0.6) is 0 Å². The summed E-state index contributed by atoms with van der Waals surface area (Å²) in [6, 6.07) is 5.87. The van der Waals surface area contributed by atoms with E-state index in [0.717, 1.165) is 0 Å². The van der Waals surface area contributed by atoms with Crippen LogP contribution in [0.3, 0.4) is 0 Å². The number of halogens is 1. The fourth-order valence-electron chi connectivity index (χ4n) is 2.66. The molecule has 0 amide bonds. The summed E-state index contributed by atoms with van der Waals surface area (Å²) in [6.07, 6.45) is 2.45. The summed E-state index contributed by atoms with van der Waals surface area (Å²) >= 11 is 0. The lowest BCUT2D eigenvalue weighted by atomic mass is 10.1. The molecule has 6 nitrogen and oxygen atoms in total. The van der Waals surface area contributed by atoms with Gasteiger partial charge in [-0.1, -0.05) is 0 Å². The number of nitrogens with zero attached hydrogens (tertiary/aromatic N) is 4. The molecule has 0 aliphatic rings. The first-order valence-electron chi connectivity index (χ1n) is 7.70. The second-order valence-electron chi connectivity index (χ2n) is 5.59. The lowest BCUT2D eigenvalue weighted by molar-refractivity contribution is 0.211. The van der Waals surface area contributed by atoms with E-state index in [0.29, 0.717) is 34.7 Å². The van der Waals surface area contributed by atoms with E-state index in [1.54, 1.807) is 29.2 Å². The first-order chi connectivity index (χ1) is 11.5. The molecular formula is C17H19FN4O2. The van der Waals surface area contributed by atoms with Crippen molar-refractivity contribution in [3.05, 3.63) is 65.0 Å². The standard InChI is InChI=1S/C17H19FN4O2/c1-3-21-9-13(8-19-21)17(24)16-6-11(2)20-22(16)15-5-4-14(18)7-12(15)10-23/h4-9,17,23-24H,3,10H2,1-2H3. The number of aliphatic hydroxyl groups is 2. The fraction of sp³-hybridized carbons (Fsp3) is 0.294. The Labute approximate surface area is 138 Å². The molecule has 7 heteroatoms. The zero-order valence-corrected chi connectivity index (χ0v) is 13.5. The molecule has 0 bridgehead atoms. The van der Waals surface area contributed by atoms with Crippen molar-refractivity contribution in [3.63, 3.8) is 0 Å². The van der Waals surface area contributed by atoms with Gasteiger partial charge in [0.15, 0.2) is 0 Å². The molecule has 2 aromatic heterocycles. The molecule has 0 fully saturated rings. The molecule has 0 saturated carbocycles. The highest BCUT2D eigenvalue weighted by molar-refractivity contribution is 5.43. The Bertz CT molecular complexity index is 856. The van der Waals surface area contributed by atoms with E-state index in [1.807, 2.05) is 13.8 Å². The molecule has 0 aliphatic carbocycles. The van der Waals surface area contributed by atoms with E-state index < -0.39 is 11.9 Å². The number of aliphatic hydroxyl groups excluding tert-OH is 2. The number of aryl methyl sites for hydroxylation is 2. The van der Waals surface area contributed by atoms with Crippen LogP contribution >= 0.6 is 0 Å². The van der Waals surface area contributed by atoms with Gasteiger partial charge in [0.05, 0.1) is 29.9 Å². The predicted molar refractivity (Wildman–Crippen MR) is 86.1 cm³/mol. The van der Waals surface area contributed by atoms with Gasteiger partial charge in [-0.15, -0.1) is 0 Å². The smallest absolute Gasteiger partial charge is 0.124 e. The van der Waals surface area contributed by atoms with Crippen molar-refractivity contribution in [2.24, 2.45) is 0 Å². The Morgan fingerprint density at radius 3 is 2.75 bits per heavy atom. The molecule has 0 aliphatic heterocycles. The lowest BCUT2D eigenvalue weighted by Gasteiger charge is -2.14. The molecule has 24 heavy (non-hydrogen) atoms. The molecule has 1 unspecified atom stereocenters. The lowest BCUT2D eigenvalue weighted by Crippen LogP contribution is -2.10. The van der Waals surface area contributed by atoms with Gasteiger partial charge in [-0.05, 0) is 38.1 Å². The van der Waals surface area contributed by atoms with E-state index in [2.05, 4.69) is 10.2 Å². The second kappa shape index (κ2) is 6.54. The maximum atomic E-state index is 13.4. The molecule has 126 valence electrons. The summed E-state index contributed by atoms with van der Waals surface area (Å²) in [7, 11) is 0. The van der Waals surface area contributed by atoms with Crippen LogP contribution in [0.4, 0.5) is 4.39 Å². The average Bonchev–Trinajstić information content (AvgIpc) is 3.20. The molecule has 1 aromatic carbocycles. The summed E-state index contributed by atoms with van der Waals surface area (Å²) in [4.78, 5) is 0. The van der Waals surface area contributed by atoms with E-state index in [9.17, 15) is 14.6 Å². The summed E-state index contributed by atoms with van der Waals surface area (Å²) in [5.41, 5.74) is 2.81. The normalized spacial score (nSPS) is 12.5. The van der Waals surface area contributed by atoms with Crippen LogP contribution in [-0.2, 0) is 13.2 Å². The number of hydrogen-bond donors (Lipinski definition) is 2. The van der Waals surface area contributed by atoms with Crippen molar-refractivity contribution in [2.75, 3.05) is 0 Å². The highest BCUT2D eigenvalue weighted by Crippen LogP contribution is 2.26. The van der Waals surface area contributed by atoms with E-state index in [4.69, 9.17) is 0 Å². The Hall–Kier alpha value is -2.51. The molecule has 2 heterocycles. The third-order valence-corrected chi connectivity index (χ3v) is 3.87.